The van der Waals surface area contributed by atoms with Crippen molar-refractivity contribution in [3.63, 3.8) is 0 Å². The van der Waals surface area contributed by atoms with Gasteiger partial charge >= 0.3 is 0 Å². The highest BCUT2D eigenvalue weighted by Crippen LogP contribution is 2.44. The van der Waals surface area contributed by atoms with Gasteiger partial charge in [-0.1, -0.05) is 133 Å². The molecule has 0 saturated heterocycles. The summed E-state index contributed by atoms with van der Waals surface area (Å²) in [4.78, 5) is 4.70. The van der Waals surface area contributed by atoms with E-state index in [-0.39, 0.29) is 0 Å². The maximum atomic E-state index is 9.09. The zero-order valence-electron chi connectivity index (χ0n) is 39.5. The zero-order valence-corrected chi connectivity index (χ0v) is 36.5. The van der Waals surface area contributed by atoms with Crippen LogP contribution in [-0.2, 0) is 6.98 Å². The van der Waals surface area contributed by atoms with Crippen LogP contribution in [0.1, 0.15) is 4.11 Å². The summed E-state index contributed by atoms with van der Waals surface area (Å²) in [7, 11) is 0. The average Bonchev–Trinajstić information content (AvgIpc) is 4.16. The second kappa shape index (κ2) is 14.9. The SMILES string of the molecule is [2H]C([2H])([2H])[n+]1[c-]n(-c2cccc(Oc3ccc4c5ccccc5n(-c5ccccn5)c4c3)c2)c2cccc(-c3c(-n4c5ccccc5c5ccccc54)cccc3-n3c4ccccc4c4ccccc43)c21. The minimum atomic E-state index is -2.61. The third-order valence-corrected chi connectivity index (χ3v) is 13.4. The van der Waals surface area contributed by atoms with Gasteiger partial charge in [0, 0.05) is 50.1 Å². The Hall–Kier alpha value is -9.20. The van der Waals surface area contributed by atoms with Gasteiger partial charge in [-0.05, 0) is 84.4 Å². The second-order valence-electron chi connectivity index (χ2n) is 17.2. The number of ether oxygens (including phenoxy) is 1. The molecule has 320 valence electrons. The molecule has 5 heterocycles. The van der Waals surface area contributed by atoms with E-state index < -0.39 is 6.98 Å². The first-order valence-electron chi connectivity index (χ1n) is 24.2. The molecule has 0 aliphatic heterocycles. The van der Waals surface area contributed by atoms with Gasteiger partial charge < -0.3 is 23.0 Å². The van der Waals surface area contributed by atoms with E-state index in [1.807, 2.05) is 83.4 Å². The molecule has 0 atom stereocenters. The largest absolute Gasteiger partial charge is 0.458 e. The molecule has 5 aromatic heterocycles. The van der Waals surface area contributed by atoms with E-state index in [0.717, 1.165) is 93.7 Å². The number of nitrogens with zero attached hydrogens (tertiary/aromatic N) is 6. The lowest BCUT2D eigenvalue weighted by molar-refractivity contribution is -0.649. The number of hydrogen-bond acceptors (Lipinski definition) is 2. The summed E-state index contributed by atoms with van der Waals surface area (Å²) < 4.78 is 43.9. The fourth-order valence-corrected chi connectivity index (χ4v) is 10.7. The Labute approximate surface area is 395 Å². The van der Waals surface area contributed by atoms with E-state index in [2.05, 4.69) is 160 Å². The number of para-hydroxylation sites is 6. The van der Waals surface area contributed by atoms with Crippen molar-refractivity contribution < 1.29 is 13.4 Å². The monoisotopic (exact) mass is 875 g/mol. The van der Waals surface area contributed by atoms with Crippen LogP contribution in [0.3, 0.4) is 0 Å². The molecule has 0 saturated carbocycles. The van der Waals surface area contributed by atoms with Gasteiger partial charge in [0.15, 0.2) is 0 Å². The predicted octanol–water partition coefficient (Wildman–Crippen LogP) is 14.4. The number of hydrogen-bond donors (Lipinski definition) is 0. The Bertz CT molecular complexity index is 4210. The molecule has 68 heavy (non-hydrogen) atoms. The summed E-state index contributed by atoms with van der Waals surface area (Å²) in [5, 5.41) is 6.73. The first kappa shape index (κ1) is 35.1. The number of fused-ring (bicyclic) bond motifs is 10. The van der Waals surface area contributed by atoms with Crippen molar-refractivity contribution in [3.05, 3.63) is 231 Å². The molecule has 0 aliphatic rings. The molecular formula is C61H40N6O. The van der Waals surface area contributed by atoms with Gasteiger partial charge in [-0.25, -0.2) is 4.98 Å². The average molecular weight is 876 g/mol. The van der Waals surface area contributed by atoms with Gasteiger partial charge in [0.25, 0.3) is 0 Å². The van der Waals surface area contributed by atoms with Crippen LogP contribution in [0.2, 0.25) is 0 Å². The molecule has 0 fully saturated rings. The van der Waals surface area contributed by atoms with Gasteiger partial charge in [-0.2, -0.15) is 0 Å². The van der Waals surface area contributed by atoms with E-state index in [9.17, 15) is 0 Å². The molecule has 9 aromatic carbocycles. The molecular weight excluding hydrogens is 833 g/mol. The number of aryl methyl sites for hydroxylation is 1. The zero-order chi connectivity index (χ0) is 47.4. The van der Waals surface area contributed by atoms with E-state index in [4.69, 9.17) is 13.8 Å². The van der Waals surface area contributed by atoms with Gasteiger partial charge in [0.1, 0.15) is 17.3 Å². The Balaban J connectivity index is 0.989. The van der Waals surface area contributed by atoms with E-state index in [1.165, 1.54) is 4.57 Å². The minimum Gasteiger partial charge on any atom is -0.458 e. The lowest BCUT2D eigenvalue weighted by Crippen LogP contribution is -2.27. The quantitative estimate of drug-likeness (QED) is 0.118. The lowest BCUT2D eigenvalue weighted by atomic mass is 9.98. The van der Waals surface area contributed by atoms with Gasteiger partial charge in [-0.3, -0.25) is 4.57 Å². The molecule has 0 bridgehead atoms. The van der Waals surface area contributed by atoms with Crippen molar-refractivity contribution in [2.45, 2.75) is 0 Å². The van der Waals surface area contributed by atoms with Crippen molar-refractivity contribution in [2.24, 2.45) is 6.98 Å². The van der Waals surface area contributed by atoms with Crippen molar-refractivity contribution in [3.8, 4) is 45.5 Å². The maximum Gasteiger partial charge on any atom is 0.244 e. The van der Waals surface area contributed by atoms with Gasteiger partial charge in [0.05, 0.1) is 72.3 Å². The van der Waals surface area contributed by atoms with E-state index in [0.29, 0.717) is 28.2 Å². The van der Waals surface area contributed by atoms with E-state index in [1.54, 1.807) is 6.20 Å². The molecule has 7 heteroatoms. The minimum absolute atomic E-state index is 0.516. The van der Waals surface area contributed by atoms with Crippen molar-refractivity contribution in [1.29, 1.82) is 0 Å². The fourth-order valence-electron chi connectivity index (χ4n) is 10.7. The number of rotatable bonds is 7. The Kier molecular flexibility index (Phi) is 7.70. The molecule has 0 aliphatic carbocycles. The van der Waals surface area contributed by atoms with Crippen LogP contribution in [0.15, 0.2) is 225 Å². The first-order valence-corrected chi connectivity index (χ1v) is 22.7. The standard InChI is InChI=1S/C61H40N6O/c1-63-39-64(40-17-14-18-41(37-40)68-42-34-35-48-47-23-6-11-29-54(47)67(58(48)38-42)59-33-12-13-36-62-59)57-32-15-24-49(61(57)63)60-55(65-50-25-7-2-19-43(50)44-20-3-8-26-51(44)65)30-16-31-56(60)66-52-27-9-4-21-45(52)46-22-5-10-28-53(46)66/h2-38H,1H3/i1D3. The Morgan fingerprint density at radius 2 is 0.941 bits per heavy atom. The van der Waals surface area contributed by atoms with Crippen molar-refractivity contribution >= 4 is 76.5 Å². The van der Waals surface area contributed by atoms with Gasteiger partial charge in [-0.15, -0.1) is 0 Å². The molecule has 14 rings (SSSR count). The van der Waals surface area contributed by atoms with Crippen LogP contribution in [0.4, 0.5) is 0 Å². The topological polar surface area (TPSA) is 45.7 Å². The Morgan fingerprint density at radius 1 is 0.441 bits per heavy atom. The molecule has 0 radical (unpaired) electrons. The molecule has 7 nitrogen and oxygen atoms in total. The highest BCUT2D eigenvalue weighted by atomic mass is 16.5. The third-order valence-electron chi connectivity index (χ3n) is 13.4. The summed E-state index contributed by atoms with van der Waals surface area (Å²) in [6, 6.07) is 74.5. The summed E-state index contributed by atoms with van der Waals surface area (Å²) in [5.74, 6) is 2.05. The van der Waals surface area contributed by atoms with Crippen LogP contribution in [0, 0.1) is 6.33 Å². The van der Waals surface area contributed by atoms with Crippen LogP contribution in [0.25, 0.3) is 110 Å². The second-order valence-corrected chi connectivity index (χ2v) is 17.2. The maximum absolute atomic E-state index is 9.09. The number of benzene rings is 9. The Morgan fingerprint density at radius 3 is 1.51 bits per heavy atom. The van der Waals surface area contributed by atoms with Crippen LogP contribution >= 0.6 is 0 Å². The highest BCUT2D eigenvalue weighted by molar-refractivity contribution is 6.13. The summed E-state index contributed by atoms with van der Waals surface area (Å²) in [6.45, 7) is -2.61. The first-order chi connectivity index (χ1) is 34.9. The summed E-state index contributed by atoms with van der Waals surface area (Å²) in [5.41, 5.74) is 11.5. The smallest absolute Gasteiger partial charge is 0.244 e. The van der Waals surface area contributed by atoms with Crippen molar-refractivity contribution in [1.82, 2.24) is 23.3 Å². The molecule has 0 unspecified atom stereocenters. The third kappa shape index (κ3) is 5.66. The van der Waals surface area contributed by atoms with Crippen LogP contribution < -0.4 is 9.30 Å². The molecule has 0 N–H and O–H groups in total. The number of aromatic nitrogens is 6. The number of pyridine rings is 1. The molecule has 0 amide bonds. The summed E-state index contributed by atoms with van der Waals surface area (Å²) >= 11 is 0. The normalized spacial score (nSPS) is 12.7. The highest BCUT2D eigenvalue weighted by Gasteiger charge is 2.24. The number of imidazole rings is 1. The fraction of sp³-hybridized carbons (Fsp3) is 0.0164. The molecule has 0 spiro atoms. The van der Waals surface area contributed by atoms with Crippen LogP contribution in [-0.4, -0.2) is 23.3 Å². The van der Waals surface area contributed by atoms with E-state index >= 15 is 0 Å². The summed E-state index contributed by atoms with van der Waals surface area (Å²) in [6.07, 6.45) is 5.13. The van der Waals surface area contributed by atoms with Crippen molar-refractivity contribution in [2.75, 3.05) is 0 Å². The van der Waals surface area contributed by atoms with Gasteiger partial charge in [0.2, 0.25) is 6.33 Å². The predicted molar refractivity (Wildman–Crippen MR) is 276 cm³/mol. The van der Waals surface area contributed by atoms with Crippen LogP contribution in [0.5, 0.6) is 11.5 Å². The molecule has 14 aromatic rings. The lowest BCUT2D eigenvalue weighted by Gasteiger charge is -2.21.